The van der Waals surface area contributed by atoms with Gasteiger partial charge in [-0.05, 0) is 0 Å². The minimum Gasteiger partial charge on any atom is -1.00 e. The molecule has 2 heteroatoms. The van der Waals surface area contributed by atoms with Crippen molar-refractivity contribution in [2.75, 3.05) is 0 Å². The molecule has 0 unspecified atom stereocenters. The van der Waals surface area contributed by atoms with Crippen molar-refractivity contribution in [1.29, 1.82) is 0 Å². The van der Waals surface area contributed by atoms with Gasteiger partial charge in [0.1, 0.15) is 0 Å². The standard InChI is InChI=1S/C3H8.Be.Li.3H/c1-3-2;;;;;/h3H2,1-2H3;;;;;/q;+2;+1;3*-1. The van der Waals surface area contributed by atoms with Crippen LogP contribution in [0.25, 0.3) is 0 Å². The fourth-order valence-electron chi connectivity index (χ4n) is 0. The van der Waals surface area contributed by atoms with Gasteiger partial charge in [0.05, 0.1) is 0 Å². The number of rotatable bonds is 0. The molecule has 0 bridgehead atoms. The average molecular weight is 63.1 g/mol. The van der Waals surface area contributed by atoms with Gasteiger partial charge in [-0.1, -0.05) is 20.3 Å². The van der Waals surface area contributed by atoms with E-state index in [4.69, 9.17) is 0 Å². The van der Waals surface area contributed by atoms with Crippen LogP contribution in [0.4, 0.5) is 0 Å². The maximum absolute atomic E-state index is 2.12. The third kappa shape index (κ3) is 62.1. The van der Waals surface area contributed by atoms with Crippen LogP contribution in [0.1, 0.15) is 24.5 Å². The maximum atomic E-state index is 2.12. The Labute approximate surface area is 54.2 Å². The molecular formula is C3H11BeLi. The van der Waals surface area contributed by atoms with Crippen molar-refractivity contribution in [2.45, 2.75) is 20.3 Å². The summed E-state index contributed by atoms with van der Waals surface area (Å²) in [5, 5.41) is 0. The van der Waals surface area contributed by atoms with Crippen molar-refractivity contribution >= 4 is 10.1 Å². The molecule has 0 saturated heterocycles. The van der Waals surface area contributed by atoms with E-state index >= 15 is 0 Å². The van der Waals surface area contributed by atoms with Gasteiger partial charge >= 0.3 is 29.0 Å². The topological polar surface area (TPSA) is 0 Å². The first-order valence-electron chi connectivity index (χ1n) is 1.41. The van der Waals surface area contributed by atoms with E-state index in [9.17, 15) is 0 Å². The molecule has 0 aromatic rings. The van der Waals surface area contributed by atoms with Gasteiger partial charge in [0, 0.05) is 0 Å². The van der Waals surface area contributed by atoms with E-state index in [1.54, 1.807) is 0 Å². The third-order valence-electron chi connectivity index (χ3n) is 0. The Hall–Kier alpha value is 0.766. The molecule has 0 rings (SSSR count). The Kier molecular flexibility index (Phi) is 74.2. The molecule has 0 aliphatic rings. The molecule has 0 N–H and O–H groups in total. The summed E-state index contributed by atoms with van der Waals surface area (Å²) in [6.45, 7) is 4.25. The van der Waals surface area contributed by atoms with Crippen molar-refractivity contribution < 1.29 is 23.1 Å². The fourth-order valence-corrected chi connectivity index (χ4v) is 0. The van der Waals surface area contributed by atoms with Gasteiger partial charge in [-0.2, -0.15) is 0 Å². The Bertz CT molecular complexity index is 14.5. The van der Waals surface area contributed by atoms with Crippen LogP contribution in [0.5, 0.6) is 0 Å². The molecule has 26 valence electrons. The molecule has 0 spiro atoms. The molecule has 0 fully saturated rings. The smallest absolute Gasteiger partial charge is 1.00 e. The summed E-state index contributed by atoms with van der Waals surface area (Å²) in [6, 6.07) is 0. The summed E-state index contributed by atoms with van der Waals surface area (Å²) in [5.74, 6) is 0. The zero-order valence-electron chi connectivity index (χ0n) is 7.41. The summed E-state index contributed by atoms with van der Waals surface area (Å²) >= 11 is 0. The van der Waals surface area contributed by atoms with E-state index in [0.717, 1.165) is 0 Å². The summed E-state index contributed by atoms with van der Waals surface area (Å²) in [6.07, 6.45) is 1.25. The summed E-state index contributed by atoms with van der Waals surface area (Å²) in [4.78, 5) is 0. The van der Waals surface area contributed by atoms with Gasteiger partial charge in [0.25, 0.3) is 0 Å². The van der Waals surface area contributed by atoms with Crippen LogP contribution < -0.4 is 18.9 Å². The minimum atomic E-state index is 0. The van der Waals surface area contributed by atoms with E-state index in [1.165, 1.54) is 6.42 Å². The second-order valence-electron chi connectivity index (χ2n) is 0.707. The first-order valence-corrected chi connectivity index (χ1v) is 1.41. The van der Waals surface area contributed by atoms with Crippen molar-refractivity contribution in [3.63, 3.8) is 0 Å². The maximum Gasteiger partial charge on any atom is 2.00 e. The van der Waals surface area contributed by atoms with E-state index in [2.05, 4.69) is 13.8 Å². The van der Waals surface area contributed by atoms with Crippen LogP contribution in [0, 0.1) is 0 Å². The molecule has 0 saturated carbocycles. The van der Waals surface area contributed by atoms with Gasteiger partial charge in [0.15, 0.2) is 0 Å². The molecular weight excluding hydrogens is 52.0 g/mol. The van der Waals surface area contributed by atoms with Crippen molar-refractivity contribution in [3.8, 4) is 0 Å². The molecule has 0 aromatic carbocycles. The van der Waals surface area contributed by atoms with E-state index < -0.39 is 0 Å². The van der Waals surface area contributed by atoms with Crippen LogP contribution in [-0.4, -0.2) is 10.1 Å². The molecule has 0 aromatic heterocycles. The second kappa shape index (κ2) is 21.7. The second-order valence-corrected chi connectivity index (χ2v) is 0.707. The van der Waals surface area contributed by atoms with Crippen LogP contribution in [0.15, 0.2) is 0 Å². The van der Waals surface area contributed by atoms with Gasteiger partial charge in [-0.25, -0.2) is 0 Å². The van der Waals surface area contributed by atoms with Gasteiger partial charge in [-0.3, -0.25) is 0 Å². The summed E-state index contributed by atoms with van der Waals surface area (Å²) in [7, 11) is 0. The van der Waals surface area contributed by atoms with Crippen LogP contribution in [0.3, 0.4) is 0 Å². The van der Waals surface area contributed by atoms with Crippen LogP contribution in [-0.2, 0) is 0 Å². The van der Waals surface area contributed by atoms with E-state index in [-0.39, 0.29) is 33.3 Å². The van der Waals surface area contributed by atoms with Gasteiger partial charge in [0.2, 0.25) is 0 Å². The Morgan fingerprint density at radius 1 is 1.40 bits per heavy atom. The normalized spacial score (nSPS) is 3.60. The molecule has 0 nitrogen and oxygen atoms in total. The van der Waals surface area contributed by atoms with E-state index in [0.29, 0.717) is 0 Å². The Morgan fingerprint density at radius 2 is 1.40 bits per heavy atom. The SMILES string of the molecule is CCC.[Be+2].[H-].[H-].[H-].[Li+]. The monoisotopic (exact) mass is 63.1 g/mol. The summed E-state index contributed by atoms with van der Waals surface area (Å²) in [5.41, 5.74) is 0. The molecule has 0 aliphatic carbocycles. The molecule has 0 amide bonds. The number of hydrogen-bond acceptors (Lipinski definition) is 0. The molecule has 0 radical (unpaired) electrons. The molecule has 5 heavy (non-hydrogen) atoms. The zero-order valence-corrected chi connectivity index (χ0v) is 4.41. The summed E-state index contributed by atoms with van der Waals surface area (Å²) < 4.78 is 0. The van der Waals surface area contributed by atoms with Gasteiger partial charge < -0.3 is 4.28 Å². The van der Waals surface area contributed by atoms with Crippen molar-refractivity contribution in [3.05, 3.63) is 0 Å². The van der Waals surface area contributed by atoms with Crippen molar-refractivity contribution in [1.82, 2.24) is 0 Å². The quantitative estimate of drug-likeness (QED) is 0.296. The molecule has 0 heterocycles. The van der Waals surface area contributed by atoms with Crippen LogP contribution >= 0.6 is 0 Å². The Balaban J connectivity index is -0.00000000200. The third-order valence-corrected chi connectivity index (χ3v) is 0. The zero-order chi connectivity index (χ0) is 2.71. The number of hydrogen-bond donors (Lipinski definition) is 0. The largest absolute Gasteiger partial charge is 2.00 e. The molecule has 0 atom stereocenters. The fraction of sp³-hybridized carbons (Fsp3) is 1.00. The Morgan fingerprint density at radius 3 is 1.40 bits per heavy atom. The van der Waals surface area contributed by atoms with Crippen LogP contribution in [0.2, 0.25) is 0 Å². The first-order chi connectivity index (χ1) is 1.41. The first kappa shape index (κ1) is 17.1. The predicted molar refractivity (Wildman–Crippen MR) is 25.1 cm³/mol. The average Bonchev–Trinajstić information content (AvgIpc) is 0.918. The van der Waals surface area contributed by atoms with E-state index in [1.807, 2.05) is 0 Å². The van der Waals surface area contributed by atoms with Crippen molar-refractivity contribution in [2.24, 2.45) is 0 Å². The predicted octanol–water partition coefficient (Wildman–Crippen LogP) is -1.62. The molecule has 0 aliphatic heterocycles. The minimum absolute atomic E-state index is 0. The van der Waals surface area contributed by atoms with Gasteiger partial charge in [-0.15, -0.1) is 0 Å².